The summed E-state index contributed by atoms with van der Waals surface area (Å²) in [5.74, 6) is -0.186. The van der Waals surface area contributed by atoms with Crippen molar-refractivity contribution in [3.05, 3.63) is 0 Å². The van der Waals surface area contributed by atoms with Crippen LogP contribution in [0.4, 0.5) is 4.79 Å². The molecule has 5 heteroatoms. The molecule has 2 aliphatic heterocycles. The van der Waals surface area contributed by atoms with Gasteiger partial charge in [-0.15, -0.1) is 0 Å². The quantitative estimate of drug-likeness (QED) is 0.725. The van der Waals surface area contributed by atoms with Gasteiger partial charge in [-0.3, -0.25) is 10.1 Å². The Kier molecular flexibility index (Phi) is 2.65. The highest BCUT2D eigenvalue weighted by Crippen LogP contribution is 2.26. The van der Waals surface area contributed by atoms with Gasteiger partial charge in [-0.05, 0) is 19.8 Å². The van der Waals surface area contributed by atoms with E-state index in [-0.39, 0.29) is 17.5 Å². The number of nitrogens with zero attached hydrogens (tertiary/aromatic N) is 1. The Morgan fingerprint density at radius 1 is 1.53 bits per heavy atom. The Morgan fingerprint density at radius 2 is 2.33 bits per heavy atom. The molecular formula is C10H16N2O3. The Morgan fingerprint density at radius 3 is 2.93 bits per heavy atom. The molecule has 0 aromatic rings. The standard InChI is InChI=1S/C10H16N2O3/c1-10(4-2-6-15-10)7-12-5-3-8(13)11-9(12)14/h2-7H2,1H3,(H,11,13,14). The first-order valence-corrected chi connectivity index (χ1v) is 5.32. The largest absolute Gasteiger partial charge is 0.373 e. The Hall–Kier alpha value is -1.10. The maximum absolute atomic E-state index is 11.5. The van der Waals surface area contributed by atoms with Gasteiger partial charge in [0.25, 0.3) is 0 Å². The molecule has 0 aromatic heterocycles. The van der Waals surface area contributed by atoms with Gasteiger partial charge in [0, 0.05) is 19.6 Å². The van der Waals surface area contributed by atoms with Gasteiger partial charge in [0.1, 0.15) is 0 Å². The third-order valence-corrected chi connectivity index (χ3v) is 2.97. The smallest absolute Gasteiger partial charge is 0.324 e. The van der Waals surface area contributed by atoms with Gasteiger partial charge in [-0.25, -0.2) is 4.79 Å². The minimum atomic E-state index is -0.289. The zero-order valence-electron chi connectivity index (χ0n) is 8.91. The summed E-state index contributed by atoms with van der Waals surface area (Å²) >= 11 is 0. The molecule has 0 saturated carbocycles. The summed E-state index contributed by atoms with van der Waals surface area (Å²) < 4.78 is 5.61. The molecular weight excluding hydrogens is 196 g/mol. The van der Waals surface area contributed by atoms with Crippen molar-refractivity contribution >= 4 is 11.9 Å². The third-order valence-electron chi connectivity index (χ3n) is 2.97. The Labute approximate surface area is 88.8 Å². The number of rotatable bonds is 2. The van der Waals surface area contributed by atoms with Gasteiger partial charge >= 0.3 is 6.03 Å². The third kappa shape index (κ3) is 2.28. The molecule has 2 fully saturated rings. The van der Waals surface area contributed by atoms with E-state index < -0.39 is 0 Å². The second-order valence-corrected chi connectivity index (χ2v) is 4.43. The lowest BCUT2D eigenvalue weighted by molar-refractivity contribution is -0.122. The summed E-state index contributed by atoms with van der Waals surface area (Å²) in [7, 11) is 0. The number of carbonyl (C=O) groups is 2. The lowest BCUT2D eigenvalue weighted by Crippen LogP contribution is -2.53. The van der Waals surface area contributed by atoms with Crippen molar-refractivity contribution in [3.8, 4) is 0 Å². The van der Waals surface area contributed by atoms with Crippen molar-refractivity contribution in [1.29, 1.82) is 0 Å². The van der Waals surface area contributed by atoms with Crippen molar-refractivity contribution in [1.82, 2.24) is 10.2 Å². The average molecular weight is 212 g/mol. The Balaban J connectivity index is 1.94. The molecule has 2 rings (SSSR count). The second-order valence-electron chi connectivity index (χ2n) is 4.43. The fraction of sp³-hybridized carbons (Fsp3) is 0.800. The van der Waals surface area contributed by atoms with E-state index in [0.29, 0.717) is 19.5 Å². The number of amides is 3. The predicted molar refractivity (Wildman–Crippen MR) is 53.3 cm³/mol. The molecule has 2 saturated heterocycles. The molecule has 0 aliphatic carbocycles. The van der Waals surface area contributed by atoms with E-state index in [2.05, 4.69) is 5.32 Å². The fourth-order valence-corrected chi connectivity index (χ4v) is 2.12. The Bertz CT molecular complexity index is 284. The van der Waals surface area contributed by atoms with E-state index in [0.717, 1.165) is 19.4 Å². The van der Waals surface area contributed by atoms with Crippen molar-refractivity contribution in [2.75, 3.05) is 19.7 Å². The minimum Gasteiger partial charge on any atom is -0.373 e. The number of ether oxygens (including phenoxy) is 1. The van der Waals surface area contributed by atoms with Crippen LogP contribution >= 0.6 is 0 Å². The number of carbonyl (C=O) groups excluding carboxylic acids is 2. The van der Waals surface area contributed by atoms with Crippen LogP contribution in [-0.4, -0.2) is 42.1 Å². The first kappa shape index (κ1) is 10.4. The second kappa shape index (κ2) is 3.81. The van der Waals surface area contributed by atoms with E-state index in [1.165, 1.54) is 0 Å². The summed E-state index contributed by atoms with van der Waals surface area (Å²) in [6, 6.07) is -0.289. The van der Waals surface area contributed by atoms with E-state index >= 15 is 0 Å². The summed E-state index contributed by atoms with van der Waals surface area (Å²) in [5, 5.41) is 2.31. The first-order chi connectivity index (χ1) is 7.09. The molecule has 3 amide bonds. The van der Waals surface area contributed by atoms with Crippen LogP contribution in [0.25, 0.3) is 0 Å². The van der Waals surface area contributed by atoms with Crippen molar-refractivity contribution < 1.29 is 14.3 Å². The van der Waals surface area contributed by atoms with Crippen LogP contribution in [0.5, 0.6) is 0 Å². The maximum atomic E-state index is 11.5. The monoisotopic (exact) mass is 212 g/mol. The summed E-state index contributed by atoms with van der Waals surface area (Å²) in [6.07, 6.45) is 2.41. The number of hydrogen-bond acceptors (Lipinski definition) is 3. The molecule has 1 N–H and O–H groups in total. The summed E-state index contributed by atoms with van der Waals surface area (Å²) in [6.45, 7) is 3.87. The first-order valence-electron chi connectivity index (χ1n) is 5.32. The van der Waals surface area contributed by atoms with E-state index in [1.807, 2.05) is 6.92 Å². The molecule has 0 spiro atoms. The average Bonchev–Trinajstić information content (AvgIpc) is 2.58. The van der Waals surface area contributed by atoms with Crippen LogP contribution in [0.15, 0.2) is 0 Å². The van der Waals surface area contributed by atoms with E-state index in [4.69, 9.17) is 4.74 Å². The summed E-state index contributed by atoms with van der Waals surface area (Å²) in [4.78, 5) is 24.1. The van der Waals surface area contributed by atoms with Crippen LogP contribution in [0.2, 0.25) is 0 Å². The molecule has 15 heavy (non-hydrogen) atoms. The highest BCUT2D eigenvalue weighted by molar-refractivity contribution is 5.96. The number of hydrogen-bond donors (Lipinski definition) is 1. The van der Waals surface area contributed by atoms with Gasteiger partial charge in [0.2, 0.25) is 5.91 Å². The van der Waals surface area contributed by atoms with Gasteiger partial charge in [-0.1, -0.05) is 0 Å². The normalized spacial score (nSPS) is 31.9. The van der Waals surface area contributed by atoms with Crippen LogP contribution in [0.1, 0.15) is 26.2 Å². The molecule has 1 unspecified atom stereocenters. The number of imide groups is 1. The van der Waals surface area contributed by atoms with Gasteiger partial charge in [0.15, 0.2) is 0 Å². The number of urea groups is 1. The van der Waals surface area contributed by atoms with E-state index in [9.17, 15) is 9.59 Å². The van der Waals surface area contributed by atoms with E-state index in [1.54, 1.807) is 4.90 Å². The summed E-state index contributed by atoms with van der Waals surface area (Å²) in [5.41, 5.74) is -0.224. The molecule has 2 heterocycles. The lowest BCUT2D eigenvalue weighted by Gasteiger charge is -2.33. The molecule has 0 aromatic carbocycles. The van der Waals surface area contributed by atoms with Gasteiger partial charge < -0.3 is 9.64 Å². The van der Waals surface area contributed by atoms with Crippen LogP contribution in [-0.2, 0) is 9.53 Å². The molecule has 2 aliphatic rings. The van der Waals surface area contributed by atoms with Crippen LogP contribution < -0.4 is 5.32 Å². The van der Waals surface area contributed by atoms with Crippen molar-refractivity contribution in [2.45, 2.75) is 31.8 Å². The highest BCUT2D eigenvalue weighted by Gasteiger charge is 2.35. The topological polar surface area (TPSA) is 58.6 Å². The fourth-order valence-electron chi connectivity index (χ4n) is 2.12. The molecule has 1 atom stereocenters. The molecule has 0 radical (unpaired) electrons. The van der Waals surface area contributed by atoms with Crippen molar-refractivity contribution in [2.24, 2.45) is 0 Å². The lowest BCUT2D eigenvalue weighted by atomic mass is 10.0. The SMILES string of the molecule is CC1(CN2CCC(=O)NC2=O)CCCO1. The highest BCUT2D eigenvalue weighted by atomic mass is 16.5. The zero-order valence-corrected chi connectivity index (χ0v) is 8.91. The molecule has 84 valence electrons. The van der Waals surface area contributed by atoms with Crippen LogP contribution in [0.3, 0.4) is 0 Å². The molecule has 0 bridgehead atoms. The zero-order chi connectivity index (χ0) is 10.9. The maximum Gasteiger partial charge on any atom is 0.324 e. The van der Waals surface area contributed by atoms with Gasteiger partial charge in [-0.2, -0.15) is 0 Å². The minimum absolute atomic E-state index is 0.186. The molecule has 5 nitrogen and oxygen atoms in total. The predicted octanol–water partition coefficient (Wildman–Crippen LogP) is 0.497. The van der Waals surface area contributed by atoms with Crippen LogP contribution in [0, 0.1) is 0 Å². The van der Waals surface area contributed by atoms with Gasteiger partial charge in [0.05, 0.1) is 12.1 Å². The number of nitrogens with one attached hydrogen (secondary N) is 1. The van der Waals surface area contributed by atoms with Crippen molar-refractivity contribution in [3.63, 3.8) is 0 Å².